The first-order valence-corrected chi connectivity index (χ1v) is 9.17. The molecule has 2 aliphatic rings. The van der Waals surface area contributed by atoms with Crippen molar-refractivity contribution in [2.75, 3.05) is 5.75 Å². The number of carbonyl (C=O) groups excluding carboxylic acids is 2. The Labute approximate surface area is 146 Å². The Morgan fingerprint density at radius 1 is 1.38 bits per heavy atom. The van der Waals surface area contributed by atoms with Crippen molar-refractivity contribution in [3.63, 3.8) is 0 Å². The van der Waals surface area contributed by atoms with Gasteiger partial charge in [-0.05, 0) is 5.56 Å². The molecular weight excluding hydrogens is 350 g/mol. The third-order valence-corrected chi connectivity index (χ3v) is 5.82. The second-order valence-corrected chi connectivity index (χ2v) is 7.31. The normalized spacial score (nSPS) is 22.7. The molecule has 0 aromatic heterocycles. The summed E-state index contributed by atoms with van der Waals surface area (Å²) in [6, 6.07) is 8.79. The van der Waals surface area contributed by atoms with Crippen LogP contribution in [0, 0.1) is 0 Å². The van der Waals surface area contributed by atoms with Crippen LogP contribution in [0.25, 0.3) is 0 Å². The van der Waals surface area contributed by atoms with Crippen LogP contribution in [0.5, 0.6) is 0 Å². The van der Waals surface area contributed by atoms with E-state index in [1.165, 1.54) is 11.8 Å². The fourth-order valence-corrected chi connectivity index (χ4v) is 4.41. The largest absolute Gasteiger partial charge is 0.477 e. The van der Waals surface area contributed by atoms with Gasteiger partial charge in [0.15, 0.2) is 5.70 Å². The number of thioether (sulfide) groups is 2. The van der Waals surface area contributed by atoms with Crippen molar-refractivity contribution in [2.45, 2.75) is 17.2 Å². The number of fused-ring (bicyclic) bond motifs is 1. The Kier molecular flexibility index (Phi) is 4.83. The molecule has 3 rings (SSSR count). The van der Waals surface area contributed by atoms with Gasteiger partial charge >= 0.3 is 5.97 Å². The number of hydrogen-bond donors (Lipinski definition) is 3. The predicted molar refractivity (Wildman–Crippen MR) is 92.0 cm³/mol. The zero-order valence-corrected chi connectivity index (χ0v) is 14.1. The third kappa shape index (κ3) is 3.14. The lowest BCUT2D eigenvalue weighted by Gasteiger charge is -2.47. The van der Waals surface area contributed by atoms with E-state index in [0.29, 0.717) is 11.5 Å². The van der Waals surface area contributed by atoms with Crippen molar-refractivity contribution in [3.05, 3.63) is 47.3 Å². The number of carbonyl (C=O) groups is 3. The number of nitrogens with zero attached hydrogens (tertiary/aromatic N) is 1. The molecule has 126 valence electrons. The Hall–Kier alpha value is -1.97. The third-order valence-electron chi connectivity index (χ3n) is 3.68. The molecule has 9 heteroatoms. The van der Waals surface area contributed by atoms with Crippen molar-refractivity contribution >= 4 is 40.6 Å². The molecule has 1 unspecified atom stereocenters. The van der Waals surface area contributed by atoms with Gasteiger partial charge in [-0.25, -0.2) is 4.79 Å². The second kappa shape index (κ2) is 6.88. The smallest absolute Gasteiger partial charge is 0.354 e. The van der Waals surface area contributed by atoms with E-state index in [9.17, 15) is 19.5 Å². The van der Waals surface area contributed by atoms with E-state index in [1.807, 2.05) is 30.3 Å². The minimum absolute atomic E-state index is 0.181. The minimum Gasteiger partial charge on any atom is -0.477 e. The maximum Gasteiger partial charge on any atom is 0.354 e. The zero-order valence-electron chi connectivity index (χ0n) is 12.5. The molecule has 0 aliphatic carbocycles. The highest BCUT2D eigenvalue weighted by Crippen LogP contribution is 2.38. The first kappa shape index (κ1) is 16.9. The highest BCUT2D eigenvalue weighted by Gasteiger charge is 2.52. The average Bonchev–Trinajstić information content (AvgIpc) is 2.59. The molecule has 24 heavy (non-hydrogen) atoms. The van der Waals surface area contributed by atoms with Gasteiger partial charge in [-0.15, -0.1) is 11.8 Å². The zero-order chi connectivity index (χ0) is 17.3. The van der Waals surface area contributed by atoms with Crippen molar-refractivity contribution in [3.8, 4) is 0 Å². The van der Waals surface area contributed by atoms with E-state index in [1.54, 1.807) is 0 Å². The van der Waals surface area contributed by atoms with Gasteiger partial charge in [0.1, 0.15) is 11.4 Å². The fraction of sp³-hybridized carbons (Fsp3) is 0.267. The molecule has 1 saturated heterocycles. The molecule has 1 aromatic carbocycles. The van der Waals surface area contributed by atoms with Crippen LogP contribution in [0.15, 0.2) is 41.7 Å². The molecule has 4 N–H and O–H groups in total. The number of nitrogens with two attached hydrogens (primary N) is 1. The molecule has 2 aliphatic heterocycles. The highest BCUT2D eigenvalue weighted by atomic mass is 32.2. The highest BCUT2D eigenvalue weighted by molar-refractivity contribution is 8.12. The lowest BCUT2D eigenvalue weighted by atomic mass is 10.1. The first-order chi connectivity index (χ1) is 11.5. The minimum atomic E-state index is -1.25. The SMILES string of the molecule is NC1C(=O)N2C(C(=O)O)=C(NC(=O)SCc3ccccc3)CS[C@@H]12. The van der Waals surface area contributed by atoms with Crippen molar-refractivity contribution < 1.29 is 19.5 Å². The van der Waals surface area contributed by atoms with Crippen molar-refractivity contribution in [1.82, 2.24) is 10.2 Å². The number of carboxylic acid groups (broad SMARTS) is 1. The molecule has 2 heterocycles. The number of carboxylic acids is 1. The standard InChI is InChI=1S/C15H15N3O4S2/c16-10-12(19)18-11(14(20)21)9(7-23-13(10)18)17-15(22)24-6-8-4-2-1-3-5-8/h1-5,10,13H,6-7,16H2,(H,17,22)(H,20,21)/t10?,13-/m0/s1. The summed E-state index contributed by atoms with van der Waals surface area (Å²) in [4.78, 5) is 36.6. The van der Waals surface area contributed by atoms with E-state index in [2.05, 4.69) is 5.32 Å². The van der Waals surface area contributed by atoms with Gasteiger partial charge in [-0.3, -0.25) is 14.5 Å². The van der Waals surface area contributed by atoms with Gasteiger partial charge in [-0.1, -0.05) is 42.1 Å². The number of aliphatic carboxylic acids is 1. The van der Waals surface area contributed by atoms with E-state index in [-0.39, 0.29) is 22.0 Å². The Balaban J connectivity index is 1.69. The second-order valence-electron chi connectivity index (χ2n) is 5.25. The summed E-state index contributed by atoms with van der Waals surface area (Å²) in [6.07, 6.45) is 0. The van der Waals surface area contributed by atoms with Gasteiger partial charge in [-0.2, -0.15) is 0 Å². The molecule has 1 aromatic rings. The first-order valence-electron chi connectivity index (χ1n) is 7.13. The molecule has 1 fully saturated rings. The molecule has 7 nitrogen and oxygen atoms in total. The van der Waals surface area contributed by atoms with Crippen LogP contribution < -0.4 is 11.1 Å². The molecular formula is C15H15N3O4S2. The van der Waals surface area contributed by atoms with Gasteiger partial charge in [0.25, 0.3) is 5.24 Å². The molecule has 0 radical (unpaired) electrons. The monoisotopic (exact) mass is 365 g/mol. The quantitative estimate of drug-likeness (QED) is 0.687. The molecule has 2 atom stereocenters. The number of benzene rings is 1. The maximum atomic E-state index is 12.1. The average molecular weight is 365 g/mol. The predicted octanol–water partition coefficient (Wildman–Crippen LogP) is 1.17. The number of nitrogens with one attached hydrogen (secondary N) is 1. The summed E-state index contributed by atoms with van der Waals surface area (Å²) >= 11 is 2.39. The van der Waals surface area contributed by atoms with Crippen LogP contribution >= 0.6 is 23.5 Å². The van der Waals surface area contributed by atoms with Crippen LogP contribution in [-0.4, -0.2) is 44.3 Å². The van der Waals surface area contributed by atoms with E-state index < -0.39 is 17.9 Å². The number of rotatable bonds is 4. The van der Waals surface area contributed by atoms with Crippen LogP contribution in [0.3, 0.4) is 0 Å². The number of amides is 2. The summed E-state index contributed by atoms with van der Waals surface area (Å²) < 4.78 is 0. The summed E-state index contributed by atoms with van der Waals surface area (Å²) in [5, 5.41) is 11.3. The molecule has 2 amide bonds. The van der Waals surface area contributed by atoms with E-state index >= 15 is 0 Å². The molecule has 0 bridgehead atoms. The topological polar surface area (TPSA) is 113 Å². The van der Waals surface area contributed by atoms with Crippen LogP contribution in [-0.2, 0) is 15.3 Å². The van der Waals surface area contributed by atoms with Crippen LogP contribution in [0.4, 0.5) is 4.79 Å². The Morgan fingerprint density at radius 2 is 2.08 bits per heavy atom. The lowest BCUT2D eigenvalue weighted by molar-refractivity contribution is -0.148. The Morgan fingerprint density at radius 3 is 2.75 bits per heavy atom. The summed E-state index contributed by atoms with van der Waals surface area (Å²) in [6.45, 7) is 0. The number of hydrogen-bond acceptors (Lipinski definition) is 6. The summed E-state index contributed by atoms with van der Waals surface area (Å²) in [5.74, 6) is -0.912. The fourth-order valence-electron chi connectivity index (χ4n) is 2.49. The van der Waals surface area contributed by atoms with Crippen LogP contribution in [0.2, 0.25) is 0 Å². The van der Waals surface area contributed by atoms with E-state index in [4.69, 9.17) is 5.73 Å². The lowest BCUT2D eigenvalue weighted by Crippen LogP contribution is -2.68. The van der Waals surface area contributed by atoms with Gasteiger partial charge in [0, 0.05) is 11.5 Å². The molecule has 0 saturated carbocycles. The van der Waals surface area contributed by atoms with E-state index in [0.717, 1.165) is 22.2 Å². The van der Waals surface area contributed by atoms with Gasteiger partial charge < -0.3 is 16.2 Å². The summed E-state index contributed by atoms with van der Waals surface area (Å²) in [5.41, 5.74) is 6.72. The maximum absolute atomic E-state index is 12.1. The van der Waals surface area contributed by atoms with Crippen molar-refractivity contribution in [1.29, 1.82) is 0 Å². The van der Waals surface area contributed by atoms with Gasteiger partial charge in [0.2, 0.25) is 5.91 Å². The molecule has 0 spiro atoms. The number of β-lactam (4-membered cyclic amide) rings is 1. The summed E-state index contributed by atoms with van der Waals surface area (Å²) in [7, 11) is 0. The van der Waals surface area contributed by atoms with Gasteiger partial charge in [0.05, 0.1) is 5.70 Å². The van der Waals surface area contributed by atoms with Crippen LogP contribution in [0.1, 0.15) is 5.56 Å². The van der Waals surface area contributed by atoms with Crippen molar-refractivity contribution in [2.24, 2.45) is 5.73 Å². The Bertz CT molecular complexity index is 723.